The molecule has 1 saturated heterocycles. The summed E-state index contributed by atoms with van der Waals surface area (Å²) >= 11 is 0. The van der Waals surface area contributed by atoms with Crippen molar-refractivity contribution < 1.29 is 27.1 Å². The highest BCUT2D eigenvalue weighted by atomic mass is 35.5. The summed E-state index contributed by atoms with van der Waals surface area (Å²) in [6, 6.07) is 12.6. The Morgan fingerprint density at radius 1 is 1.18 bits per heavy atom. The first-order chi connectivity index (χ1) is 17.2. The van der Waals surface area contributed by atoms with Crippen molar-refractivity contribution in [2.45, 2.75) is 25.9 Å². The van der Waals surface area contributed by atoms with E-state index in [-0.39, 0.29) is 49.0 Å². The number of nitrogens with zero attached hydrogens (tertiary/aromatic N) is 1. The third-order valence-corrected chi connectivity index (χ3v) is 7.08. The van der Waals surface area contributed by atoms with E-state index in [1.165, 1.54) is 18.2 Å². The molecular weight excluding hydrogens is 558 g/mol. The Kier molecular flexibility index (Phi) is 13.6. The average Bonchev–Trinajstić information content (AvgIpc) is 2.84. The van der Waals surface area contributed by atoms with Crippen molar-refractivity contribution in [2.24, 2.45) is 5.73 Å². The van der Waals surface area contributed by atoms with Gasteiger partial charge in [0.05, 0.1) is 18.8 Å². The minimum Gasteiger partial charge on any atom is -0.490 e. The van der Waals surface area contributed by atoms with Gasteiger partial charge in [-0.15, -0.1) is 24.8 Å². The highest BCUT2D eigenvalue weighted by molar-refractivity contribution is 7.93. The lowest BCUT2D eigenvalue weighted by Gasteiger charge is -2.25. The van der Waals surface area contributed by atoms with E-state index in [2.05, 4.69) is 5.32 Å². The number of amidine groups is 1. The summed E-state index contributed by atoms with van der Waals surface area (Å²) in [6.07, 6.45) is 2.95. The van der Waals surface area contributed by atoms with Crippen LogP contribution in [0.1, 0.15) is 30.9 Å². The lowest BCUT2D eigenvalue weighted by atomic mass is 10.1. The zero-order valence-electron chi connectivity index (χ0n) is 20.9. The lowest BCUT2D eigenvalue weighted by molar-refractivity contribution is -0.139. The summed E-state index contributed by atoms with van der Waals surface area (Å²) in [6.45, 7) is 2.69. The predicted molar refractivity (Wildman–Crippen MR) is 152 cm³/mol. The molecule has 9 nitrogen and oxygen atoms in total. The van der Waals surface area contributed by atoms with Gasteiger partial charge in [0.15, 0.2) is 5.75 Å². The van der Waals surface area contributed by atoms with Gasteiger partial charge in [0.25, 0.3) is 0 Å². The second-order valence-electron chi connectivity index (χ2n) is 8.26. The number of nitrogen functional groups attached to an aromatic ring is 1. The van der Waals surface area contributed by atoms with Crippen LogP contribution in [0.2, 0.25) is 0 Å². The van der Waals surface area contributed by atoms with Crippen LogP contribution < -0.4 is 20.1 Å². The Bertz CT molecular complexity index is 1210. The Morgan fingerprint density at radius 2 is 1.84 bits per heavy atom. The highest BCUT2D eigenvalue weighted by Crippen LogP contribution is 2.26. The molecule has 1 aliphatic heterocycles. The van der Waals surface area contributed by atoms with E-state index in [1.54, 1.807) is 37.3 Å². The van der Waals surface area contributed by atoms with Crippen LogP contribution in [0.3, 0.4) is 0 Å². The van der Waals surface area contributed by atoms with Crippen molar-refractivity contribution in [1.29, 1.82) is 5.41 Å². The van der Waals surface area contributed by atoms with E-state index < -0.39 is 34.1 Å². The van der Waals surface area contributed by atoms with Crippen LogP contribution in [0, 0.1) is 5.41 Å². The number of sulfonamides is 1. The molecule has 13 heteroatoms. The largest absolute Gasteiger partial charge is 0.490 e. The summed E-state index contributed by atoms with van der Waals surface area (Å²) in [5.74, 6) is -2.21. The van der Waals surface area contributed by atoms with Crippen molar-refractivity contribution >= 4 is 58.4 Å². The molecule has 38 heavy (non-hydrogen) atoms. The summed E-state index contributed by atoms with van der Waals surface area (Å²) in [4.78, 5) is 12.0. The second-order valence-corrected chi connectivity index (χ2v) is 10.2. The fraction of sp³-hybridized carbons (Fsp3) is 0.360. The van der Waals surface area contributed by atoms with Gasteiger partial charge in [0.2, 0.25) is 10.0 Å². The normalized spacial score (nSPS) is 14.0. The molecular formula is C25H33Cl2FN4O5S. The standard InChI is InChI=1S/C25H31FN4O5S.2ClH/c1-2-34-24(31)17-36(32,33)30(16-20(26)15-18-4-3-5-19(14-18)25(27)28)21-6-8-22(9-7-21)35-23-10-12-29-13-11-23;;/h3-9,14-15,23,29H,2,10-13,16-17H2,1H3,(H3,27,28);2*1H/b20-15-;;. The van der Waals surface area contributed by atoms with Gasteiger partial charge in [-0.1, -0.05) is 18.2 Å². The van der Waals surface area contributed by atoms with Crippen molar-refractivity contribution in [3.05, 3.63) is 65.5 Å². The molecule has 0 aliphatic carbocycles. The number of ether oxygens (including phenoxy) is 2. The van der Waals surface area contributed by atoms with Crippen LogP contribution >= 0.6 is 24.8 Å². The molecule has 2 aromatic rings. The zero-order valence-corrected chi connectivity index (χ0v) is 23.3. The van der Waals surface area contributed by atoms with E-state index >= 15 is 4.39 Å². The summed E-state index contributed by atoms with van der Waals surface area (Å²) in [5, 5.41) is 10.8. The molecule has 2 aromatic carbocycles. The maximum atomic E-state index is 15.1. The zero-order chi connectivity index (χ0) is 26.1. The minimum atomic E-state index is -4.27. The average molecular weight is 592 g/mol. The summed E-state index contributed by atoms with van der Waals surface area (Å²) in [7, 11) is -4.27. The number of nitrogens with two attached hydrogens (primary N) is 1. The maximum Gasteiger partial charge on any atom is 0.323 e. The number of anilines is 1. The van der Waals surface area contributed by atoms with E-state index in [4.69, 9.17) is 20.6 Å². The molecule has 0 amide bonds. The molecule has 0 aromatic heterocycles. The second kappa shape index (κ2) is 15.5. The molecule has 1 heterocycles. The fourth-order valence-electron chi connectivity index (χ4n) is 3.74. The number of carbonyl (C=O) groups is 1. The SMILES string of the molecule is CCOC(=O)CS(=O)(=O)N(C/C(F)=C/c1cccc(C(=N)N)c1)c1ccc(OC2CCNCC2)cc1.Cl.Cl. The molecule has 0 bridgehead atoms. The smallest absolute Gasteiger partial charge is 0.323 e. The number of benzene rings is 2. The van der Waals surface area contributed by atoms with Gasteiger partial charge in [-0.25, -0.2) is 12.8 Å². The molecule has 0 radical (unpaired) electrons. The Hall–Kier alpha value is -2.86. The molecule has 0 unspecified atom stereocenters. The first-order valence-electron chi connectivity index (χ1n) is 11.6. The van der Waals surface area contributed by atoms with Crippen molar-refractivity contribution in [1.82, 2.24) is 5.32 Å². The van der Waals surface area contributed by atoms with Gasteiger partial charge < -0.3 is 20.5 Å². The summed E-state index contributed by atoms with van der Waals surface area (Å²) < 4.78 is 52.9. The predicted octanol–water partition coefficient (Wildman–Crippen LogP) is 3.65. The number of rotatable bonds is 11. The quantitative estimate of drug-likeness (QED) is 0.206. The van der Waals surface area contributed by atoms with Gasteiger partial charge >= 0.3 is 5.97 Å². The first kappa shape index (κ1) is 33.2. The van der Waals surface area contributed by atoms with Gasteiger partial charge in [-0.3, -0.25) is 14.5 Å². The highest BCUT2D eigenvalue weighted by Gasteiger charge is 2.28. The molecule has 1 aliphatic rings. The Balaban J connectivity index is 0.00000361. The first-order valence-corrected chi connectivity index (χ1v) is 13.2. The van der Waals surface area contributed by atoms with Crippen LogP contribution in [0.25, 0.3) is 6.08 Å². The van der Waals surface area contributed by atoms with Crippen LogP contribution in [0.4, 0.5) is 10.1 Å². The van der Waals surface area contributed by atoms with Crippen LogP contribution in [-0.2, 0) is 19.6 Å². The van der Waals surface area contributed by atoms with Crippen molar-refractivity contribution in [2.75, 3.05) is 36.3 Å². The molecule has 1 fully saturated rings. The number of piperidine rings is 1. The molecule has 0 saturated carbocycles. The molecule has 4 N–H and O–H groups in total. The number of hydrogen-bond acceptors (Lipinski definition) is 7. The Morgan fingerprint density at radius 3 is 2.45 bits per heavy atom. The number of carbonyl (C=O) groups excluding carboxylic acids is 1. The fourth-order valence-corrected chi connectivity index (χ4v) is 5.04. The van der Waals surface area contributed by atoms with E-state index in [1.807, 2.05) is 0 Å². The van der Waals surface area contributed by atoms with Crippen molar-refractivity contribution in [3.63, 3.8) is 0 Å². The maximum absolute atomic E-state index is 15.1. The summed E-state index contributed by atoms with van der Waals surface area (Å²) in [5.41, 5.74) is 6.49. The van der Waals surface area contributed by atoms with Gasteiger partial charge in [-0.05, 0) is 74.8 Å². The number of halogens is 3. The van der Waals surface area contributed by atoms with Gasteiger partial charge in [0.1, 0.15) is 23.5 Å². The lowest BCUT2D eigenvalue weighted by Crippen LogP contribution is -2.37. The van der Waals surface area contributed by atoms with E-state index in [0.29, 0.717) is 16.9 Å². The third kappa shape index (κ3) is 9.79. The van der Waals surface area contributed by atoms with Gasteiger partial charge in [-0.2, -0.15) is 0 Å². The van der Waals surface area contributed by atoms with Crippen LogP contribution in [0.5, 0.6) is 5.75 Å². The number of esters is 1. The molecule has 210 valence electrons. The minimum absolute atomic E-state index is 0. The number of nitrogens with one attached hydrogen (secondary N) is 2. The topological polar surface area (TPSA) is 135 Å². The number of hydrogen-bond donors (Lipinski definition) is 3. The monoisotopic (exact) mass is 590 g/mol. The molecule has 0 atom stereocenters. The third-order valence-electron chi connectivity index (χ3n) is 5.47. The van der Waals surface area contributed by atoms with E-state index in [0.717, 1.165) is 36.3 Å². The van der Waals surface area contributed by atoms with E-state index in [9.17, 15) is 13.2 Å². The molecule has 3 rings (SSSR count). The van der Waals surface area contributed by atoms with Crippen LogP contribution in [0.15, 0.2) is 54.4 Å². The van der Waals surface area contributed by atoms with Crippen molar-refractivity contribution in [3.8, 4) is 5.75 Å². The van der Waals surface area contributed by atoms with Gasteiger partial charge in [0, 0.05) is 5.56 Å². The van der Waals surface area contributed by atoms with Crippen LogP contribution in [-0.4, -0.2) is 58.3 Å². The molecule has 0 spiro atoms. The Labute approximate surface area is 234 Å².